The number of imidazole rings is 1. The van der Waals surface area contributed by atoms with Gasteiger partial charge in [0.2, 0.25) is 0 Å². The Labute approximate surface area is 177 Å². The molecule has 7 nitrogen and oxygen atoms in total. The first-order chi connectivity index (χ1) is 14.6. The first-order valence-corrected chi connectivity index (χ1v) is 9.69. The molecule has 5 rings (SSSR count). The van der Waals surface area contributed by atoms with Crippen LogP contribution in [0.1, 0.15) is 5.69 Å². The van der Waals surface area contributed by atoms with E-state index in [2.05, 4.69) is 20.3 Å². The Balaban J connectivity index is 1.52. The average molecular weight is 417 g/mol. The van der Waals surface area contributed by atoms with Crippen LogP contribution in [0, 0.1) is 6.92 Å². The van der Waals surface area contributed by atoms with Crippen molar-refractivity contribution < 1.29 is 4.42 Å². The van der Waals surface area contributed by atoms with Crippen LogP contribution in [0.4, 0.5) is 11.5 Å². The summed E-state index contributed by atoms with van der Waals surface area (Å²) in [6, 6.07) is 13.4. The molecule has 0 fully saturated rings. The molecule has 0 radical (unpaired) electrons. The highest BCUT2D eigenvalue weighted by Crippen LogP contribution is 2.32. The lowest BCUT2D eigenvalue weighted by Crippen LogP contribution is -1.96. The van der Waals surface area contributed by atoms with Gasteiger partial charge in [-0.1, -0.05) is 23.7 Å². The molecule has 8 heteroatoms. The van der Waals surface area contributed by atoms with Gasteiger partial charge >= 0.3 is 0 Å². The highest BCUT2D eigenvalue weighted by molar-refractivity contribution is 6.33. The fourth-order valence-corrected chi connectivity index (χ4v) is 3.60. The molecule has 0 unspecified atom stereocenters. The number of pyridine rings is 2. The van der Waals surface area contributed by atoms with E-state index in [0.29, 0.717) is 16.6 Å². The second-order valence-corrected chi connectivity index (χ2v) is 7.23. The molecule has 1 N–H and O–H groups in total. The van der Waals surface area contributed by atoms with Gasteiger partial charge in [0, 0.05) is 18.8 Å². The molecule has 0 atom stereocenters. The minimum Gasteiger partial charge on any atom is -0.442 e. The van der Waals surface area contributed by atoms with Gasteiger partial charge in [0.15, 0.2) is 18.0 Å². The normalized spacial score (nSPS) is 11.2. The van der Waals surface area contributed by atoms with Gasteiger partial charge < -0.3 is 14.3 Å². The standard InChI is InChI=1S/C22H17ClN6O/c1-13-20(30-12-26-13)17-8-7-14(11-25-17)27-21-19-18(9-10-24-21)29(2)22(28-19)15-5-3-4-6-16(15)23/h3-12H,1-2H3,(H,24,27). The predicted octanol–water partition coefficient (Wildman–Crippen LogP) is 5.39. The highest BCUT2D eigenvalue weighted by Gasteiger charge is 2.16. The number of hydrogen-bond donors (Lipinski definition) is 1. The molecule has 148 valence electrons. The average Bonchev–Trinajstić information content (AvgIpc) is 3.33. The molecular formula is C22H17ClN6O. The van der Waals surface area contributed by atoms with E-state index in [1.165, 1.54) is 6.39 Å². The van der Waals surface area contributed by atoms with Gasteiger partial charge in [0.05, 0.1) is 28.1 Å². The van der Waals surface area contributed by atoms with Gasteiger partial charge in [0.1, 0.15) is 17.0 Å². The molecule has 0 bridgehead atoms. The van der Waals surface area contributed by atoms with Gasteiger partial charge in [-0.25, -0.2) is 15.0 Å². The van der Waals surface area contributed by atoms with Crippen molar-refractivity contribution >= 4 is 34.1 Å². The molecular weight excluding hydrogens is 400 g/mol. The van der Waals surface area contributed by atoms with Crippen molar-refractivity contribution in [1.82, 2.24) is 24.5 Å². The van der Waals surface area contributed by atoms with Gasteiger partial charge in [-0.2, -0.15) is 0 Å². The quantitative estimate of drug-likeness (QED) is 0.423. The summed E-state index contributed by atoms with van der Waals surface area (Å²) in [6.07, 6.45) is 4.90. The summed E-state index contributed by atoms with van der Waals surface area (Å²) >= 11 is 6.39. The zero-order chi connectivity index (χ0) is 20.7. The lowest BCUT2D eigenvalue weighted by Gasteiger charge is -2.06. The summed E-state index contributed by atoms with van der Waals surface area (Å²) in [6.45, 7) is 1.88. The molecule has 0 saturated heterocycles. The number of rotatable bonds is 4. The highest BCUT2D eigenvalue weighted by atomic mass is 35.5. The number of anilines is 2. The van der Waals surface area contributed by atoms with Crippen molar-refractivity contribution in [2.75, 3.05) is 5.32 Å². The first kappa shape index (κ1) is 18.3. The number of nitrogens with zero attached hydrogens (tertiary/aromatic N) is 5. The molecule has 5 aromatic rings. The maximum absolute atomic E-state index is 6.39. The SMILES string of the molecule is Cc1ncoc1-c1ccc(Nc2nccc3c2nc(-c2ccccc2Cl)n3C)cn1. The summed E-state index contributed by atoms with van der Waals surface area (Å²) in [5.41, 5.74) is 4.89. The minimum absolute atomic E-state index is 0.645. The van der Waals surface area contributed by atoms with Crippen LogP contribution in [0.5, 0.6) is 0 Å². The van der Waals surface area contributed by atoms with E-state index in [-0.39, 0.29) is 0 Å². The predicted molar refractivity (Wildman–Crippen MR) is 117 cm³/mol. The number of aryl methyl sites for hydroxylation is 2. The molecule has 0 aliphatic heterocycles. The molecule has 0 aliphatic carbocycles. The van der Waals surface area contributed by atoms with Crippen LogP contribution in [-0.4, -0.2) is 24.5 Å². The molecule has 0 aliphatic rings. The Morgan fingerprint density at radius 2 is 1.90 bits per heavy atom. The topological polar surface area (TPSA) is 81.7 Å². The van der Waals surface area contributed by atoms with Gasteiger partial charge in [-0.05, 0) is 37.3 Å². The van der Waals surface area contributed by atoms with Crippen molar-refractivity contribution in [1.29, 1.82) is 0 Å². The fraction of sp³-hybridized carbons (Fsp3) is 0.0909. The number of fused-ring (bicyclic) bond motifs is 1. The monoisotopic (exact) mass is 416 g/mol. The number of hydrogen-bond acceptors (Lipinski definition) is 6. The lowest BCUT2D eigenvalue weighted by atomic mass is 10.2. The lowest BCUT2D eigenvalue weighted by molar-refractivity contribution is 0.569. The van der Waals surface area contributed by atoms with Crippen LogP contribution < -0.4 is 5.32 Å². The Bertz CT molecular complexity index is 1360. The van der Waals surface area contributed by atoms with Crippen molar-refractivity contribution in [2.24, 2.45) is 7.05 Å². The summed E-state index contributed by atoms with van der Waals surface area (Å²) in [5.74, 6) is 2.09. The Morgan fingerprint density at radius 3 is 2.63 bits per heavy atom. The second kappa shape index (κ2) is 7.27. The summed E-state index contributed by atoms with van der Waals surface area (Å²) in [7, 11) is 1.97. The van der Waals surface area contributed by atoms with E-state index in [9.17, 15) is 0 Å². The minimum atomic E-state index is 0.645. The number of halogens is 1. The summed E-state index contributed by atoms with van der Waals surface area (Å²) < 4.78 is 7.42. The van der Waals surface area contributed by atoms with Gasteiger partial charge in [-0.15, -0.1) is 0 Å². The Morgan fingerprint density at radius 1 is 1.03 bits per heavy atom. The molecule has 30 heavy (non-hydrogen) atoms. The van der Waals surface area contributed by atoms with E-state index in [4.69, 9.17) is 21.0 Å². The summed E-state index contributed by atoms with van der Waals surface area (Å²) in [5, 5.41) is 3.97. The van der Waals surface area contributed by atoms with Gasteiger partial charge in [0.25, 0.3) is 0 Å². The van der Waals surface area contributed by atoms with Crippen molar-refractivity contribution in [2.45, 2.75) is 6.92 Å². The van der Waals surface area contributed by atoms with E-state index >= 15 is 0 Å². The van der Waals surface area contributed by atoms with Crippen molar-refractivity contribution in [3.63, 3.8) is 0 Å². The zero-order valence-electron chi connectivity index (χ0n) is 16.3. The smallest absolute Gasteiger partial charge is 0.181 e. The van der Waals surface area contributed by atoms with Gasteiger partial charge in [-0.3, -0.25) is 4.98 Å². The van der Waals surface area contributed by atoms with Crippen molar-refractivity contribution in [3.8, 4) is 22.8 Å². The van der Waals surface area contributed by atoms with E-state index in [1.54, 1.807) is 12.4 Å². The third-order valence-electron chi connectivity index (χ3n) is 4.92. The number of nitrogens with one attached hydrogen (secondary N) is 1. The Hall–Kier alpha value is -3.71. The van der Waals surface area contributed by atoms with Crippen LogP contribution in [0.25, 0.3) is 33.9 Å². The third-order valence-corrected chi connectivity index (χ3v) is 5.25. The zero-order valence-corrected chi connectivity index (χ0v) is 17.1. The van der Waals surface area contributed by atoms with Crippen molar-refractivity contribution in [3.05, 3.63) is 72.0 Å². The largest absolute Gasteiger partial charge is 0.442 e. The molecule has 0 saturated carbocycles. The maximum Gasteiger partial charge on any atom is 0.181 e. The maximum atomic E-state index is 6.39. The summed E-state index contributed by atoms with van der Waals surface area (Å²) in [4.78, 5) is 17.9. The van der Waals surface area contributed by atoms with E-state index < -0.39 is 0 Å². The Kier molecular flexibility index (Phi) is 4.44. The number of aromatic nitrogens is 5. The molecule has 4 heterocycles. The number of oxazole rings is 1. The molecule has 4 aromatic heterocycles. The second-order valence-electron chi connectivity index (χ2n) is 6.83. The van der Waals surface area contributed by atoms with Crippen LogP contribution in [0.3, 0.4) is 0 Å². The molecule has 1 aromatic carbocycles. The first-order valence-electron chi connectivity index (χ1n) is 9.31. The van der Waals surface area contributed by atoms with E-state index in [0.717, 1.165) is 39.5 Å². The molecule has 0 amide bonds. The fourth-order valence-electron chi connectivity index (χ4n) is 3.38. The molecule has 0 spiro atoms. The van der Waals surface area contributed by atoms with Crippen LogP contribution in [-0.2, 0) is 7.05 Å². The third kappa shape index (κ3) is 3.09. The van der Waals surface area contributed by atoms with Crippen LogP contribution >= 0.6 is 11.6 Å². The number of benzene rings is 1. The van der Waals surface area contributed by atoms with Crippen LogP contribution in [0.15, 0.2) is 65.7 Å². The van der Waals surface area contributed by atoms with Crippen LogP contribution in [0.2, 0.25) is 5.02 Å². The van der Waals surface area contributed by atoms with E-state index in [1.807, 2.05) is 61.0 Å².